The summed E-state index contributed by atoms with van der Waals surface area (Å²) in [5.41, 5.74) is 4.96. The van der Waals surface area contributed by atoms with Gasteiger partial charge in [-0.05, 0) is 36.2 Å². The van der Waals surface area contributed by atoms with Gasteiger partial charge in [-0.1, -0.05) is 6.07 Å². The number of carbonyl (C=O) groups is 3. The number of benzene rings is 1. The van der Waals surface area contributed by atoms with Crippen molar-refractivity contribution in [3.63, 3.8) is 0 Å². The molecule has 3 aromatic heterocycles. The maximum atomic E-state index is 13.0. The number of aryl methyl sites for hydroxylation is 1. The Bertz CT molecular complexity index is 1610. The van der Waals surface area contributed by atoms with Crippen LogP contribution in [0.3, 0.4) is 0 Å². The summed E-state index contributed by atoms with van der Waals surface area (Å²) >= 11 is 0. The van der Waals surface area contributed by atoms with Gasteiger partial charge in [0.1, 0.15) is 17.4 Å². The van der Waals surface area contributed by atoms with Gasteiger partial charge in [0.05, 0.1) is 23.5 Å². The second kappa shape index (κ2) is 7.63. The van der Waals surface area contributed by atoms with Gasteiger partial charge < -0.3 is 9.47 Å². The summed E-state index contributed by atoms with van der Waals surface area (Å²) < 4.78 is 3.79. The molecule has 0 saturated carbocycles. The maximum Gasteiger partial charge on any atom is 0.255 e. The highest BCUT2D eigenvalue weighted by molar-refractivity contribution is 6.05. The Balaban J connectivity index is 1.32. The number of carbonyl (C=O) groups excluding carboxylic acids is 3. The van der Waals surface area contributed by atoms with Crippen LogP contribution >= 0.6 is 0 Å². The Morgan fingerprint density at radius 3 is 2.83 bits per heavy atom. The lowest BCUT2D eigenvalue weighted by Gasteiger charge is -2.29. The van der Waals surface area contributed by atoms with Crippen molar-refractivity contribution in [3.8, 4) is 28.8 Å². The molecule has 10 nitrogen and oxygen atoms in total. The summed E-state index contributed by atoms with van der Waals surface area (Å²) in [5, 5.41) is 11.5. The lowest BCUT2D eigenvalue weighted by atomic mass is 10.0. The first kappa shape index (κ1) is 20.8. The molecule has 1 aromatic carbocycles. The molecule has 1 atom stereocenters. The zero-order valence-electron chi connectivity index (χ0n) is 18.7. The first-order chi connectivity index (χ1) is 16.9. The van der Waals surface area contributed by atoms with Gasteiger partial charge in [-0.2, -0.15) is 5.26 Å². The first-order valence-electron chi connectivity index (χ1n) is 11.1. The van der Waals surface area contributed by atoms with Crippen LogP contribution in [0.5, 0.6) is 0 Å². The molecular formula is C25H19N7O3. The summed E-state index contributed by atoms with van der Waals surface area (Å²) in [6, 6.07) is 10.5. The minimum atomic E-state index is -0.644. The molecule has 10 heteroatoms. The average molecular weight is 465 g/mol. The number of imide groups is 1. The van der Waals surface area contributed by atoms with Gasteiger partial charge >= 0.3 is 0 Å². The Morgan fingerprint density at radius 1 is 1.17 bits per heavy atom. The number of rotatable bonds is 3. The minimum absolute atomic E-state index is 0.203. The highest BCUT2D eigenvalue weighted by Gasteiger charge is 2.39. The van der Waals surface area contributed by atoms with Crippen molar-refractivity contribution in [2.45, 2.75) is 25.4 Å². The van der Waals surface area contributed by atoms with E-state index in [-0.39, 0.29) is 18.2 Å². The summed E-state index contributed by atoms with van der Waals surface area (Å²) in [4.78, 5) is 47.5. The highest BCUT2D eigenvalue weighted by Crippen LogP contribution is 2.32. The van der Waals surface area contributed by atoms with Crippen LogP contribution in [0, 0.1) is 11.3 Å². The molecule has 3 amide bonds. The fraction of sp³-hybridized carbons (Fsp3) is 0.200. The third kappa shape index (κ3) is 3.28. The molecule has 0 spiro atoms. The Kier molecular flexibility index (Phi) is 4.54. The predicted octanol–water partition coefficient (Wildman–Crippen LogP) is 2.03. The van der Waals surface area contributed by atoms with Gasteiger partial charge in [0.25, 0.3) is 5.91 Å². The lowest BCUT2D eigenvalue weighted by molar-refractivity contribution is -0.136. The standard InChI is InChI=1S/C25H19N7O3/c1-30-13-18(28-23(30)20-11-27-21-8-14(10-26)6-7-31(20)21)15-2-3-17-16(9-15)12-32(25(17)35)19-4-5-22(33)29-24(19)34/h2-3,6-9,11,13,19H,4-5,12H2,1H3,(H,29,33,34). The van der Waals surface area contributed by atoms with Crippen LogP contribution in [-0.2, 0) is 23.2 Å². The largest absolute Gasteiger partial charge is 0.332 e. The van der Waals surface area contributed by atoms with Crippen molar-refractivity contribution in [1.82, 2.24) is 29.2 Å². The summed E-state index contributed by atoms with van der Waals surface area (Å²) in [6.07, 6.45) is 5.99. The van der Waals surface area contributed by atoms with E-state index < -0.39 is 11.9 Å². The van der Waals surface area contributed by atoms with Crippen LogP contribution in [0.25, 0.3) is 28.4 Å². The summed E-state index contributed by atoms with van der Waals surface area (Å²) in [7, 11) is 1.90. The molecule has 2 aliphatic rings. The van der Waals surface area contributed by atoms with Crippen molar-refractivity contribution in [1.29, 1.82) is 5.26 Å². The number of fused-ring (bicyclic) bond motifs is 2. The number of aromatic nitrogens is 4. The molecule has 5 heterocycles. The van der Waals surface area contributed by atoms with Crippen LogP contribution in [-0.4, -0.2) is 47.6 Å². The summed E-state index contributed by atoms with van der Waals surface area (Å²) in [6.45, 7) is 0.308. The summed E-state index contributed by atoms with van der Waals surface area (Å²) in [5.74, 6) is -0.226. The molecule has 6 rings (SSSR count). The van der Waals surface area contributed by atoms with E-state index in [9.17, 15) is 14.4 Å². The molecule has 1 unspecified atom stereocenters. The molecule has 1 saturated heterocycles. The van der Waals surface area contributed by atoms with E-state index in [1.807, 2.05) is 34.3 Å². The molecule has 1 N–H and O–H groups in total. The second-order valence-electron chi connectivity index (χ2n) is 8.73. The van der Waals surface area contributed by atoms with Gasteiger partial charge in [-0.15, -0.1) is 0 Å². The maximum absolute atomic E-state index is 13.0. The molecule has 0 aliphatic carbocycles. The van der Waals surface area contributed by atoms with Crippen LogP contribution in [0.4, 0.5) is 0 Å². The second-order valence-corrected chi connectivity index (χ2v) is 8.73. The van der Waals surface area contributed by atoms with E-state index in [0.29, 0.717) is 35.6 Å². The molecule has 172 valence electrons. The van der Waals surface area contributed by atoms with Gasteiger partial charge in [0.15, 0.2) is 5.82 Å². The van der Waals surface area contributed by atoms with Gasteiger partial charge in [-0.25, -0.2) is 9.97 Å². The molecule has 4 aromatic rings. The third-order valence-corrected chi connectivity index (χ3v) is 6.57. The van der Waals surface area contributed by atoms with Crippen LogP contribution in [0.1, 0.15) is 34.3 Å². The average Bonchev–Trinajstić information content (AvgIpc) is 3.53. The topological polar surface area (TPSA) is 125 Å². The van der Waals surface area contributed by atoms with E-state index in [1.54, 1.807) is 30.6 Å². The van der Waals surface area contributed by atoms with E-state index in [0.717, 1.165) is 22.5 Å². The number of pyridine rings is 1. The first-order valence-corrected chi connectivity index (χ1v) is 11.1. The SMILES string of the molecule is Cn1cc(-c2ccc3c(c2)CN(C2CCC(=O)NC2=O)C3=O)nc1-c1cnc2cc(C#N)ccn12. The highest BCUT2D eigenvalue weighted by atomic mass is 16.2. The van der Waals surface area contributed by atoms with E-state index in [4.69, 9.17) is 10.2 Å². The normalized spacial score (nSPS) is 17.5. The Hall–Kier alpha value is -4.78. The fourth-order valence-electron chi connectivity index (χ4n) is 4.79. The van der Waals surface area contributed by atoms with Crippen LogP contribution in [0.15, 0.2) is 48.9 Å². The number of nitriles is 1. The van der Waals surface area contributed by atoms with Crippen molar-refractivity contribution in [2.24, 2.45) is 7.05 Å². The van der Waals surface area contributed by atoms with Gasteiger partial charge in [0.2, 0.25) is 11.8 Å². The van der Waals surface area contributed by atoms with Crippen molar-refractivity contribution in [2.75, 3.05) is 0 Å². The Labute approximate surface area is 199 Å². The number of hydrogen-bond donors (Lipinski definition) is 1. The van der Waals surface area contributed by atoms with Crippen molar-refractivity contribution >= 4 is 23.4 Å². The molecule has 0 bridgehead atoms. The number of nitrogens with one attached hydrogen (secondary N) is 1. The van der Waals surface area contributed by atoms with E-state index >= 15 is 0 Å². The number of amides is 3. The van der Waals surface area contributed by atoms with E-state index in [1.165, 1.54) is 4.90 Å². The monoisotopic (exact) mass is 465 g/mol. The van der Waals surface area contributed by atoms with Crippen LogP contribution in [0.2, 0.25) is 0 Å². The minimum Gasteiger partial charge on any atom is -0.332 e. The Morgan fingerprint density at radius 2 is 2.03 bits per heavy atom. The predicted molar refractivity (Wildman–Crippen MR) is 124 cm³/mol. The zero-order chi connectivity index (χ0) is 24.3. The number of hydrogen-bond acceptors (Lipinski definition) is 6. The zero-order valence-corrected chi connectivity index (χ0v) is 18.7. The van der Waals surface area contributed by atoms with Gasteiger partial charge in [-0.3, -0.25) is 24.1 Å². The van der Waals surface area contributed by atoms with Crippen molar-refractivity contribution in [3.05, 3.63) is 65.6 Å². The van der Waals surface area contributed by atoms with Crippen molar-refractivity contribution < 1.29 is 14.4 Å². The number of nitrogens with zero attached hydrogens (tertiary/aromatic N) is 6. The number of piperidine rings is 1. The van der Waals surface area contributed by atoms with E-state index in [2.05, 4.69) is 16.4 Å². The molecule has 35 heavy (non-hydrogen) atoms. The smallest absolute Gasteiger partial charge is 0.255 e. The molecular weight excluding hydrogens is 446 g/mol. The quantitative estimate of drug-likeness (QED) is 0.462. The molecule has 0 radical (unpaired) electrons. The number of imidazole rings is 2. The lowest BCUT2D eigenvalue weighted by Crippen LogP contribution is -2.52. The van der Waals surface area contributed by atoms with Crippen LogP contribution < -0.4 is 5.32 Å². The molecule has 1 fully saturated rings. The van der Waals surface area contributed by atoms with Gasteiger partial charge in [0, 0.05) is 43.5 Å². The molecule has 2 aliphatic heterocycles. The fourth-order valence-corrected chi connectivity index (χ4v) is 4.79. The third-order valence-electron chi connectivity index (χ3n) is 6.57.